The Morgan fingerprint density at radius 1 is 1.18 bits per heavy atom. The SMILES string of the molecule is COC(=O)c1ccc2ccc(C)nc2c1OC. The van der Waals surface area contributed by atoms with Crippen LogP contribution in [0, 0.1) is 6.92 Å². The fourth-order valence-corrected chi connectivity index (χ4v) is 1.74. The molecule has 0 aliphatic rings. The van der Waals surface area contributed by atoms with Crippen LogP contribution in [0.2, 0.25) is 0 Å². The van der Waals surface area contributed by atoms with Gasteiger partial charge in [0.05, 0.1) is 14.2 Å². The molecule has 2 aromatic rings. The smallest absolute Gasteiger partial charge is 0.341 e. The quantitative estimate of drug-likeness (QED) is 0.744. The van der Waals surface area contributed by atoms with E-state index in [-0.39, 0.29) is 0 Å². The van der Waals surface area contributed by atoms with Crippen LogP contribution in [-0.4, -0.2) is 25.2 Å². The number of carbonyl (C=O) groups excluding carboxylic acids is 1. The van der Waals surface area contributed by atoms with Crippen molar-refractivity contribution < 1.29 is 14.3 Å². The Bertz CT molecular complexity index is 578. The van der Waals surface area contributed by atoms with Crippen LogP contribution in [0.25, 0.3) is 10.9 Å². The van der Waals surface area contributed by atoms with Crippen LogP contribution >= 0.6 is 0 Å². The van der Waals surface area contributed by atoms with Gasteiger partial charge in [-0.1, -0.05) is 12.1 Å². The Morgan fingerprint density at radius 2 is 1.88 bits per heavy atom. The van der Waals surface area contributed by atoms with Crippen LogP contribution in [0.4, 0.5) is 0 Å². The lowest BCUT2D eigenvalue weighted by molar-refractivity contribution is 0.0597. The second kappa shape index (κ2) is 4.41. The average molecular weight is 231 g/mol. The second-order valence-corrected chi connectivity index (χ2v) is 3.66. The molecule has 0 fully saturated rings. The Balaban J connectivity index is 2.76. The summed E-state index contributed by atoms with van der Waals surface area (Å²) in [5.74, 6) is 0.0325. The zero-order valence-electron chi connectivity index (χ0n) is 9.98. The topological polar surface area (TPSA) is 48.4 Å². The molecule has 0 N–H and O–H groups in total. The molecule has 17 heavy (non-hydrogen) atoms. The Hall–Kier alpha value is -2.10. The van der Waals surface area contributed by atoms with Crippen LogP contribution in [0.1, 0.15) is 16.1 Å². The molecule has 0 aliphatic heterocycles. The molecule has 0 aliphatic carbocycles. The van der Waals surface area contributed by atoms with Gasteiger partial charge < -0.3 is 9.47 Å². The van der Waals surface area contributed by atoms with Gasteiger partial charge in [-0.15, -0.1) is 0 Å². The summed E-state index contributed by atoms with van der Waals surface area (Å²) in [4.78, 5) is 16.0. The van der Waals surface area contributed by atoms with Crippen molar-refractivity contribution >= 4 is 16.9 Å². The summed E-state index contributed by atoms with van der Waals surface area (Å²) in [5, 5.41) is 0.931. The lowest BCUT2D eigenvalue weighted by Crippen LogP contribution is -2.05. The molecule has 0 saturated carbocycles. The van der Waals surface area contributed by atoms with E-state index in [4.69, 9.17) is 9.47 Å². The molecule has 1 heterocycles. The summed E-state index contributed by atoms with van der Waals surface area (Å²) in [7, 11) is 2.86. The zero-order valence-corrected chi connectivity index (χ0v) is 9.98. The third-order valence-electron chi connectivity index (χ3n) is 2.56. The highest BCUT2D eigenvalue weighted by atomic mass is 16.5. The van der Waals surface area contributed by atoms with E-state index in [9.17, 15) is 4.79 Å². The Labute approximate surface area is 99.2 Å². The number of carbonyl (C=O) groups is 1. The molecule has 4 nitrogen and oxygen atoms in total. The first-order valence-electron chi connectivity index (χ1n) is 5.20. The summed E-state index contributed by atoms with van der Waals surface area (Å²) >= 11 is 0. The summed E-state index contributed by atoms with van der Waals surface area (Å²) in [6.45, 7) is 1.89. The third-order valence-corrected chi connectivity index (χ3v) is 2.56. The molecule has 0 unspecified atom stereocenters. The van der Waals surface area contributed by atoms with E-state index in [1.165, 1.54) is 14.2 Å². The van der Waals surface area contributed by atoms with Gasteiger partial charge in [-0.05, 0) is 19.1 Å². The first-order chi connectivity index (χ1) is 8.17. The van der Waals surface area contributed by atoms with E-state index in [0.717, 1.165) is 11.1 Å². The largest absolute Gasteiger partial charge is 0.494 e. The van der Waals surface area contributed by atoms with Crippen LogP contribution in [0.5, 0.6) is 5.75 Å². The van der Waals surface area contributed by atoms with Crippen molar-refractivity contribution in [2.45, 2.75) is 6.92 Å². The number of fused-ring (bicyclic) bond motifs is 1. The molecule has 2 rings (SSSR count). The lowest BCUT2D eigenvalue weighted by atomic mass is 10.1. The van der Waals surface area contributed by atoms with Gasteiger partial charge in [0, 0.05) is 11.1 Å². The van der Waals surface area contributed by atoms with Crippen LogP contribution in [-0.2, 0) is 4.74 Å². The normalized spacial score (nSPS) is 10.3. The van der Waals surface area contributed by atoms with E-state index in [0.29, 0.717) is 16.8 Å². The predicted molar refractivity (Wildman–Crippen MR) is 64.4 cm³/mol. The number of aryl methyl sites for hydroxylation is 1. The van der Waals surface area contributed by atoms with Gasteiger partial charge in [-0.25, -0.2) is 9.78 Å². The summed E-state index contributed by atoms with van der Waals surface area (Å²) in [6, 6.07) is 7.38. The predicted octanol–water partition coefficient (Wildman–Crippen LogP) is 2.34. The van der Waals surface area contributed by atoms with Crippen molar-refractivity contribution in [2.24, 2.45) is 0 Å². The van der Waals surface area contributed by atoms with Crippen molar-refractivity contribution in [3.05, 3.63) is 35.5 Å². The third kappa shape index (κ3) is 1.93. The van der Waals surface area contributed by atoms with Crippen molar-refractivity contribution in [1.82, 2.24) is 4.98 Å². The molecule has 0 saturated heterocycles. The van der Waals surface area contributed by atoms with Crippen molar-refractivity contribution in [2.75, 3.05) is 14.2 Å². The van der Waals surface area contributed by atoms with Gasteiger partial charge in [0.25, 0.3) is 0 Å². The number of esters is 1. The minimum Gasteiger partial charge on any atom is -0.494 e. The van der Waals surface area contributed by atoms with E-state index in [2.05, 4.69) is 4.98 Å². The maximum atomic E-state index is 11.6. The highest BCUT2D eigenvalue weighted by Crippen LogP contribution is 2.28. The Morgan fingerprint density at radius 3 is 2.53 bits per heavy atom. The van der Waals surface area contributed by atoms with E-state index >= 15 is 0 Å². The number of methoxy groups -OCH3 is 2. The highest BCUT2D eigenvalue weighted by Gasteiger charge is 2.16. The number of aromatic nitrogens is 1. The molecule has 0 spiro atoms. The summed E-state index contributed by atoms with van der Waals surface area (Å²) in [5.41, 5.74) is 1.94. The number of rotatable bonds is 2. The molecule has 4 heteroatoms. The number of hydrogen-bond donors (Lipinski definition) is 0. The molecular weight excluding hydrogens is 218 g/mol. The minimum atomic E-state index is -0.424. The van der Waals surface area contributed by atoms with Gasteiger partial charge in [-0.3, -0.25) is 0 Å². The Kier molecular flexibility index (Phi) is 2.95. The molecule has 0 radical (unpaired) electrons. The lowest BCUT2D eigenvalue weighted by Gasteiger charge is -2.09. The van der Waals surface area contributed by atoms with Crippen molar-refractivity contribution in [3.63, 3.8) is 0 Å². The van der Waals surface area contributed by atoms with Crippen LogP contribution in [0.15, 0.2) is 24.3 Å². The van der Waals surface area contributed by atoms with Crippen molar-refractivity contribution in [1.29, 1.82) is 0 Å². The van der Waals surface area contributed by atoms with Gasteiger partial charge in [0.2, 0.25) is 0 Å². The molecule has 1 aromatic heterocycles. The van der Waals surface area contributed by atoms with E-state index < -0.39 is 5.97 Å². The number of pyridine rings is 1. The fraction of sp³-hybridized carbons (Fsp3) is 0.231. The monoisotopic (exact) mass is 231 g/mol. The van der Waals surface area contributed by atoms with Gasteiger partial charge in [-0.2, -0.15) is 0 Å². The summed E-state index contributed by atoms with van der Waals surface area (Å²) < 4.78 is 9.98. The number of hydrogen-bond acceptors (Lipinski definition) is 4. The number of benzene rings is 1. The molecule has 1 aromatic carbocycles. The minimum absolute atomic E-state index is 0.389. The van der Waals surface area contributed by atoms with Crippen LogP contribution in [0.3, 0.4) is 0 Å². The average Bonchev–Trinajstić information content (AvgIpc) is 2.36. The molecule has 0 amide bonds. The number of nitrogens with zero attached hydrogens (tertiary/aromatic N) is 1. The first kappa shape index (κ1) is 11.4. The van der Waals surface area contributed by atoms with E-state index in [1.54, 1.807) is 6.07 Å². The molecule has 0 bridgehead atoms. The standard InChI is InChI=1S/C13H13NO3/c1-8-4-5-9-6-7-10(13(15)17-3)12(16-2)11(9)14-8/h4-7H,1-3H3. The van der Waals surface area contributed by atoms with Gasteiger partial charge in [0.1, 0.15) is 11.1 Å². The highest BCUT2D eigenvalue weighted by molar-refractivity contribution is 5.99. The van der Waals surface area contributed by atoms with Gasteiger partial charge >= 0.3 is 5.97 Å². The first-order valence-corrected chi connectivity index (χ1v) is 5.20. The fourth-order valence-electron chi connectivity index (χ4n) is 1.74. The molecular formula is C13H13NO3. The van der Waals surface area contributed by atoms with Crippen LogP contribution < -0.4 is 4.74 Å². The second-order valence-electron chi connectivity index (χ2n) is 3.66. The van der Waals surface area contributed by atoms with E-state index in [1.807, 2.05) is 25.1 Å². The molecule has 0 atom stereocenters. The van der Waals surface area contributed by atoms with Crippen molar-refractivity contribution in [3.8, 4) is 5.75 Å². The zero-order chi connectivity index (χ0) is 12.4. The molecule has 88 valence electrons. The number of ether oxygens (including phenoxy) is 2. The maximum absolute atomic E-state index is 11.6. The maximum Gasteiger partial charge on any atom is 0.341 e. The van der Waals surface area contributed by atoms with Gasteiger partial charge in [0.15, 0.2) is 5.75 Å². The summed E-state index contributed by atoms with van der Waals surface area (Å²) in [6.07, 6.45) is 0.